The molecule has 0 saturated carbocycles. The minimum atomic E-state index is -0.0757. The summed E-state index contributed by atoms with van der Waals surface area (Å²) < 4.78 is 2.20. The van der Waals surface area contributed by atoms with Crippen molar-refractivity contribution in [3.8, 4) is 0 Å². The summed E-state index contributed by atoms with van der Waals surface area (Å²) >= 11 is 1.28. The molecule has 0 aliphatic carbocycles. The van der Waals surface area contributed by atoms with E-state index in [-0.39, 0.29) is 17.7 Å². The van der Waals surface area contributed by atoms with Crippen LogP contribution in [0.25, 0.3) is 10.9 Å². The molecule has 2 aromatic rings. The number of aromatic nitrogens is 1. The summed E-state index contributed by atoms with van der Waals surface area (Å²) in [7, 11) is 0. The maximum absolute atomic E-state index is 11.8. The smallest absolute Gasteiger partial charge is 0.282 e. The molecule has 1 aromatic carbocycles. The number of amides is 2. The van der Waals surface area contributed by atoms with E-state index in [1.54, 1.807) is 4.90 Å². The molecule has 1 aliphatic heterocycles. The van der Waals surface area contributed by atoms with Gasteiger partial charge in [-0.15, -0.1) is 0 Å². The van der Waals surface area contributed by atoms with Crippen molar-refractivity contribution in [2.24, 2.45) is 0 Å². The van der Waals surface area contributed by atoms with Gasteiger partial charge < -0.3 is 14.8 Å². The van der Waals surface area contributed by atoms with Crippen LogP contribution in [0, 0.1) is 0 Å². The number of fused-ring (bicyclic) bond motifs is 1. The normalized spacial score (nSPS) is 14.7. The van der Waals surface area contributed by atoms with E-state index in [9.17, 15) is 9.59 Å². The quantitative estimate of drug-likeness (QED) is 0.832. The molecule has 1 aromatic heterocycles. The summed E-state index contributed by atoms with van der Waals surface area (Å²) in [5, 5.41) is 4.13. The van der Waals surface area contributed by atoms with Crippen LogP contribution in [0.2, 0.25) is 0 Å². The molecule has 1 fully saturated rings. The van der Waals surface area contributed by atoms with Crippen molar-refractivity contribution < 1.29 is 9.59 Å². The van der Waals surface area contributed by atoms with Crippen molar-refractivity contribution >= 4 is 33.8 Å². The van der Waals surface area contributed by atoms with Crippen molar-refractivity contribution in [3.63, 3.8) is 0 Å². The van der Waals surface area contributed by atoms with E-state index in [1.807, 2.05) is 12.1 Å². The molecule has 6 heteroatoms. The topological polar surface area (TPSA) is 54.3 Å². The Morgan fingerprint density at radius 2 is 2.14 bits per heavy atom. The van der Waals surface area contributed by atoms with Crippen LogP contribution in [0.3, 0.4) is 0 Å². The van der Waals surface area contributed by atoms with Gasteiger partial charge in [0.2, 0.25) is 5.91 Å². The highest BCUT2D eigenvalue weighted by atomic mass is 32.2. The van der Waals surface area contributed by atoms with Crippen LogP contribution in [0.1, 0.15) is 6.42 Å². The average molecular weight is 317 g/mol. The Hall–Kier alpha value is -1.95. The number of hydrogen-bond donors (Lipinski definition) is 1. The van der Waals surface area contributed by atoms with Crippen molar-refractivity contribution in [1.82, 2.24) is 14.8 Å². The zero-order chi connectivity index (χ0) is 15.4. The summed E-state index contributed by atoms with van der Waals surface area (Å²) in [5.41, 5.74) is 1.22. The highest BCUT2D eigenvalue weighted by Crippen LogP contribution is 2.16. The standard InChI is InChI=1S/C16H19N3O2S/c20-15(12-19-10-11-22-16(19)21)17-7-3-8-18-9-6-13-4-1-2-5-14(13)18/h1-2,4-6,9H,3,7-8,10-12H2,(H,17,20). The molecule has 0 unspecified atom stereocenters. The van der Waals surface area contributed by atoms with Crippen LogP contribution in [-0.4, -0.2) is 46.0 Å². The Kier molecular flexibility index (Phi) is 4.68. The molecule has 2 heterocycles. The monoisotopic (exact) mass is 317 g/mol. The fraction of sp³-hybridized carbons (Fsp3) is 0.375. The fourth-order valence-electron chi connectivity index (χ4n) is 2.61. The van der Waals surface area contributed by atoms with Gasteiger partial charge in [0, 0.05) is 37.1 Å². The summed E-state index contributed by atoms with van der Waals surface area (Å²) in [4.78, 5) is 24.8. The summed E-state index contributed by atoms with van der Waals surface area (Å²) in [6.45, 7) is 2.34. The molecular weight excluding hydrogens is 298 g/mol. The van der Waals surface area contributed by atoms with E-state index in [4.69, 9.17) is 0 Å². The number of carbonyl (C=O) groups is 2. The van der Waals surface area contributed by atoms with E-state index in [1.165, 1.54) is 22.7 Å². The van der Waals surface area contributed by atoms with E-state index >= 15 is 0 Å². The molecule has 0 spiro atoms. The first-order valence-electron chi connectivity index (χ1n) is 7.46. The van der Waals surface area contributed by atoms with Gasteiger partial charge in [0.15, 0.2) is 0 Å². The first kappa shape index (κ1) is 15.0. The van der Waals surface area contributed by atoms with E-state index in [0.717, 1.165) is 18.7 Å². The Bertz CT molecular complexity index is 683. The SMILES string of the molecule is O=C(CN1CCSC1=O)NCCCn1ccc2ccccc21. The van der Waals surface area contributed by atoms with Gasteiger partial charge in [0.1, 0.15) is 6.54 Å². The lowest BCUT2D eigenvalue weighted by atomic mass is 10.2. The zero-order valence-electron chi connectivity index (χ0n) is 12.3. The molecule has 0 bridgehead atoms. The number of hydrogen-bond acceptors (Lipinski definition) is 3. The van der Waals surface area contributed by atoms with Crippen LogP contribution in [0.4, 0.5) is 4.79 Å². The third-order valence-corrected chi connectivity index (χ3v) is 4.65. The van der Waals surface area contributed by atoms with Gasteiger partial charge in [-0.2, -0.15) is 0 Å². The van der Waals surface area contributed by atoms with Crippen LogP contribution >= 0.6 is 11.8 Å². The maximum atomic E-state index is 11.8. The average Bonchev–Trinajstić information content (AvgIpc) is 3.11. The van der Waals surface area contributed by atoms with Gasteiger partial charge in [-0.25, -0.2) is 0 Å². The largest absolute Gasteiger partial charge is 0.354 e. The number of para-hydroxylation sites is 1. The van der Waals surface area contributed by atoms with Crippen LogP contribution < -0.4 is 5.32 Å². The van der Waals surface area contributed by atoms with Crippen LogP contribution in [0.15, 0.2) is 36.5 Å². The molecule has 1 N–H and O–H groups in total. The van der Waals surface area contributed by atoms with Gasteiger partial charge in [0.25, 0.3) is 5.24 Å². The number of aryl methyl sites for hydroxylation is 1. The van der Waals surface area contributed by atoms with Crippen molar-refractivity contribution in [2.75, 3.05) is 25.4 Å². The Balaban J connectivity index is 1.42. The third-order valence-electron chi connectivity index (χ3n) is 3.76. The molecular formula is C16H19N3O2S. The second-order valence-corrected chi connectivity index (χ2v) is 6.35. The molecule has 0 atom stereocenters. The highest BCUT2D eigenvalue weighted by Gasteiger charge is 2.22. The lowest BCUT2D eigenvalue weighted by molar-refractivity contribution is -0.121. The van der Waals surface area contributed by atoms with Crippen LogP contribution in [-0.2, 0) is 11.3 Å². The molecule has 0 radical (unpaired) electrons. The van der Waals surface area contributed by atoms with Crippen molar-refractivity contribution in [2.45, 2.75) is 13.0 Å². The van der Waals surface area contributed by atoms with Gasteiger partial charge in [-0.1, -0.05) is 30.0 Å². The maximum Gasteiger partial charge on any atom is 0.282 e. The lowest BCUT2D eigenvalue weighted by Crippen LogP contribution is -2.37. The number of carbonyl (C=O) groups excluding carboxylic acids is 2. The summed E-state index contributed by atoms with van der Waals surface area (Å²) in [6.07, 6.45) is 2.94. The first-order valence-corrected chi connectivity index (χ1v) is 8.45. The van der Waals surface area contributed by atoms with Gasteiger partial charge in [-0.3, -0.25) is 9.59 Å². The van der Waals surface area contributed by atoms with E-state index in [0.29, 0.717) is 13.1 Å². The Morgan fingerprint density at radius 3 is 2.95 bits per heavy atom. The summed E-state index contributed by atoms with van der Waals surface area (Å²) in [5.74, 6) is 0.709. The predicted octanol–water partition coefficient (Wildman–Crippen LogP) is 2.32. The lowest BCUT2D eigenvalue weighted by Gasteiger charge is -2.14. The minimum Gasteiger partial charge on any atom is -0.354 e. The van der Waals surface area contributed by atoms with Gasteiger partial charge in [0.05, 0.1) is 0 Å². The Morgan fingerprint density at radius 1 is 1.27 bits per heavy atom. The predicted molar refractivity (Wildman–Crippen MR) is 89.0 cm³/mol. The number of rotatable bonds is 6. The minimum absolute atomic E-state index is 0.00830. The second-order valence-electron chi connectivity index (χ2n) is 5.31. The van der Waals surface area contributed by atoms with Crippen molar-refractivity contribution in [3.05, 3.63) is 36.5 Å². The fourth-order valence-corrected chi connectivity index (χ4v) is 3.44. The highest BCUT2D eigenvalue weighted by molar-refractivity contribution is 8.13. The summed E-state index contributed by atoms with van der Waals surface area (Å²) in [6, 6.07) is 10.4. The van der Waals surface area contributed by atoms with Crippen LogP contribution in [0.5, 0.6) is 0 Å². The molecule has 1 saturated heterocycles. The molecule has 5 nitrogen and oxygen atoms in total. The number of thioether (sulfide) groups is 1. The third kappa shape index (κ3) is 3.44. The van der Waals surface area contributed by atoms with Crippen molar-refractivity contribution in [1.29, 1.82) is 0 Å². The molecule has 22 heavy (non-hydrogen) atoms. The number of nitrogens with zero attached hydrogens (tertiary/aromatic N) is 2. The van der Waals surface area contributed by atoms with Gasteiger partial charge >= 0.3 is 0 Å². The molecule has 1 aliphatic rings. The molecule has 2 amide bonds. The second kappa shape index (κ2) is 6.87. The molecule has 116 valence electrons. The van der Waals surface area contributed by atoms with Gasteiger partial charge in [-0.05, 0) is 23.9 Å². The van der Waals surface area contributed by atoms with E-state index < -0.39 is 0 Å². The Labute approximate surface area is 133 Å². The first-order chi connectivity index (χ1) is 10.7. The molecule has 3 rings (SSSR count). The number of nitrogens with one attached hydrogen (secondary N) is 1. The zero-order valence-corrected chi connectivity index (χ0v) is 13.1. The number of benzene rings is 1. The van der Waals surface area contributed by atoms with E-state index in [2.05, 4.69) is 34.3 Å².